The Balaban J connectivity index is 1.34. The third-order valence-corrected chi connectivity index (χ3v) is 6.09. The molecule has 28 heavy (non-hydrogen) atoms. The van der Waals surface area contributed by atoms with Crippen LogP contribution in [0.3, 0.4) is 0 Å². The number of aromatic nitrogens is 3. The molecule has 2 aromatic rings. The highest BCUT2D eigenvalue weighted by molar-refractivity contribution is 5.79. The molecule has 1 aromatic carbocycles. The van der Waals surface area contributed by atoms with E-state index in [2.05, 4.69) is 20.5 Å². The summed E-state index contributed by atoms with van der Waals surface area (Å²) in [7, 11) is 0. The standard InChI is InChI=1S/C21H29N5O2/c1-21(2,28)19-14-26(24-23-19)12-17-10-16-8-9-25(17)13-18(16)20(27)22-11-15-6-4-3-5-7-15/h3-7,14,16-18,28H,8-13H2,1-2H3,(H,22,27)/t16?,17-,18+/m1/s1. The highest BCUT2D eigenvalue weighted by Crippen LogP contribution is 2.37. The first-order chi connectivity index (χ1) is 13.4. The summed E-state index contributed by atoms with van der Waals surface area (Å²) in [5.41, 5.74) is 0.733. The fraction of sp³-hybridized carbons (Fsp3) is 0.571. The summed E-state index contributed by atoms with van der Waals surface area (Å²) >= 11 is 0. The lowest BCUT2D eigenvalue weighted by Gasteiger charge is -2.49. The Labute approximate surface area is 165 Å². The van der Waals surface area contributed by atoms with Crippen molar-refractivity contribution in [3.8, 4) is 0 Å². The Morgan fingerprint density at radius 1 is 1.32 bits per heavy atom. The van der Waals surface area contributed by atoms with E-state index < -0.39 is 5.60 Å². The number of amides is 1. The van der Waals surface area contributed by atoms with Gasteiger partial charge in [0.05, 0.1) is 18.7 Å². The summed E-state index contributed by atoms with van der Waals surface area (Å²) in [6.45, 7) is 6.61. The summed E-state index contributed by atoms with van der Waals surface area (Å²) in [5, 5.41) is 21.5. The molecule has 3 aliphatic rings. The van der Waals surface area contributed by atoms with Gasteiger partial charge in [0.1, 0.15) is 11.3 Å². The SMILES string of the molecule is CC(C)(O)c1cn(C[C@H]2CC3CCN2C[C@@H]3C(=O)NCc2ccccc2)nn1. The number of carbonyl (C=O) groups is 1. The smallest absolute Gasteiger partial charge is 0.224 e. The molecule has 0 aliphatic carbocycles. The van der Waals surface area contributed by atoms with Crippen LogP contribution in [-0.2, 0) is 23.5 Å². The first kappa shape index (κ1) is 19.1. The van der Waals surface area contributed by atoms with Crippen LogP contribution in [-0.4, -0.2) is 50.0 Å². The van der Waals surface area contributed by atoms with Crippen molar-refractivity contribution in [1.82, 2.24) is 25.2 Å². The zero-order chi connectivity index (χ0) is 19.7. The first-order valence-electron chi connectivity index (χ1n) is 10.1. The average molecular weight is 383 g/mol. The van der Waals surface area contributed by atoms with Gasteiger partial charge in [-0.2, -0.15) is 0 Å². The van der Waals surface area contributed by atoms with E-state index in [-0.39, 0.29) is 11.8 Å². The number of hydrogen-bond donors (Lipinski definition) is 2. The van der Waals surface area contributed by atoms with Crippen LogP contribution < -0.4 is 5.32 Å². The van der Waals surface area contributed by atoms with Crippen molar-refractivity contribution in [1.29, 1.82) is 0 Å². The number of aliphatic hydroxyl groups is 1. The third kappa shape index (κ3) is 4.10. The number of fused-ring (bicyclic) bond motifs is 3. The van der Waals surface area contributed by atoms with Gasteiger partial charge in [-0.1, -0.05) is 35.5 Å². The zero-order valence-electron chi connectivity index (χ0n) is 16.6. The van der Waals surface area contributed by atoms with Gasteiger partial charge >= 0.3 is 0 Å². The van der Waals surface area contributed by atoms with Crippen molar-refractivity contribution >= 4 is 5.91 Å². The molecular formula is C21H29N5O2. The van der Waals surface area contributed by atoms with Gasteiger partial charge in [0, 0.05) is 19.1 Å². The minimum absolute atomic E-state index is 0.0661. The zero-order valence-corrected chi connectivity index (χ0v) is 16.6. The minimum Gasteiger partial charge on any atom is -0.384 e. The van der Waals surface area contributed by atoms with E-state index in [1.807, 2.05) is 41.2 Å². The van der Waals surface area contributed by atoms with Crippen molar-refractivity contribution in [2.45, 2.75) is 51.4 Å². The van der Waals surface area contributed by atoms with E-state index in [9.17, 15) is 9.90 Å². The van der Waals surface area contributed by atoms with Gasteiger partial charge in [-0.15, -0.1) is 5.10 Å². The number of nitrogens with zero attached hydrogens (tertiary/aromatic N) is 4. The number of nitrogens with one attached hydrogen (secondary N) is 1. The molecule has 2 N–H and O–H groups in total. The minimum atomic E-state index is -0.980. The second-order valence-electron chi connectivity index (χ2n) is 8.63. The highest BCUT2D eigenvalue weighted by atomic mass is 16.3. The molecule has 2 unspecified atom stereocenters. The monoisotopic (exact) mass is 383 g/mol. The van der Waals surface area contributed by atoms with E-state index in [4.69, 9.17) is 0 Å². The molecule has 0 spiro atoms. The van der Waals surface area contributed by atoms with E-state index in [0.29, 0.717) is 24.2 Å². The van der Waals surface area contributed by atoms with Gasteiger partial charge in [0.25, 0.3) is 0 Å². The van der Waals surface area contributed by atoms with E-state index in [1.54, 1.807) is 13.8 Å². The van der Waals surface area contributed by atoms with Crippen molar-refractivity contribution in [2.75, 3.05) is 13.1 Å². The lowest BCUT2D eigenvalue weighted by molar-refractivity contribution is -0.133. The van der Waals surface area contributed by atoms with E-state index in [0.717, 1.165) is 38.0 Å². The number of benzene rings is 1. The summed E-state index contributed by atoms with van der Waals surface area (Å²) in [5.74, 6) is 0.654. The summed E-state index contributed by atoms with van der Waals surface area (Å²) in [6, 6.07) is 10.4. The van der Waals surface area contributed by atoms with Crippen LogP contribution >= 0.6 is 0 Å². The topological polar surface area (TPSA) is 83.3 Å². The van der Waals surface area contributed by atoms with Crippen molar-refractivity contribution in [2.24, 2.45) is 11.8 Å². The summed E-state index contributed by atoms with van der Waals surface area (Å²) < 4.78 is 1.82. The van der Waals surface area contributed by atoms with E-state index in [1.165, 1.54) is 0 Å². The molecule has 0 saturated carbocycles. The molecule has 3 saturated heterocycles. The van der Waals surface area contributed by atoms with Crippen LogP contribution in [0.5, 0.6) is 0 Å². The second kappa shape index (κ2) is 7.64. The molecule has 1 aromatic heterocycles. The van der Waals surface area contributed by atoms with Gasteiger partial charge in [-0.3, -0.25) is 14.4 Å². The van der Waals surface area contributed by atoms with Crippen LogP contribution in [0.25, 0.3) is 0 Å². The highest BCUT2D eigenvalue weighted by Gasteiger charge is 2.43. The average Bonchev–Trinajstić information content (AvgIpc) is 3.16. The molecule has 5 rings (SSSR count). The number of hydrogen-bond acceptors (Lipinski definition) is 5. The largest absolute Gasteiger partial charge is 0.384 e. The molecular weight excluding hydrogens is 354 g/mol. The van der Waals surface area contributed by atoms with Crippen LogP contribution in [0.2, 0.25) is 0 Å². The maximum atomic E-state index is 12.7. The first-order valence-corrected chi connectivity index (χ1v) is 10.1. The Morgan fingerprint density at radius 2 is 2.11 bits per heavy atom. The molecule has 2 bridgehead atoms. The molecule has 3 fully saturated rings. The molecule has 0 radical (unpaired) electrons. The lowest BCUT2D eigenvalue weighted by atomic mass is 9.75. The fourth-order valence-electron chi connectivity index (χ4n) is 4.43. The van der Waals surface area contributed by atoms with Crippen molar-refractivity contribution in [3.63, 3.8) is 0 Å². The Bertz CT molecular complexity index is 814. The van der Waals surface area contributed by atoms with Gasteiger partial charge in [0.2, 0.25) is 5.91 Å². The maximum absolute atomic E-state index is 12.7. The molecule has 150 valence electrons. The molecule has 7 heteroatoms. The van der Waals surface area contributed by atoms with Crippen LogP contribution in [0, 0.1) is 11.8 Å². The Hall–Kier alpha value is -2.25. The predicted molar refractivity (Wildman–Crippen MR) is 105 cm³/mol. The van der Waals surface area contributed by atoms with Crippen LogP contribution in [0.4, 0.5) is 0 Å². The molecule has 3 aliphatic heterocycles. The number of rotatable bonds is 6. The number of piperidine rings is 3. The quantitative estimate of drug-likeness (QED) is 0.791. The summed E-state index contributed by atoms with van der Waals surface area (Å²) in [4.78, 5) is 15.2. The Kier molecular flexibility index (Phi) is 5.21. The third-order valence-electron chi connectivity index (χ3n) is 6.09. The predicted octanol–water partition coefficient (Wildman–Crippen LogP) is 1.53. The van der Waals surface area contributed by atoms with Crippen molar-refractivity contribution in [3.05, 3.63) is 47.8 Å². The second-order valence-corrected chi connectivity index (χ2v) is 8.63. The maximum Gasteiger partial charge on any atom is 0.224 e. The van der Waals surface area contributed by atoms with Gasteiger partial charge in [0.15, 0.2) is 0 Å². The van der Waals surface area contributed by atoms with E-state index >= 15 is 0 Å². The van der Waals surface area contributed by atoms with Gasteiger partial charge < -0.3 is 10.4 Å². The molecule has 7 nitrogen and oxygen atoms in total. The fourth-order valence-corrected chi connectivity index (χ4v) is 4.43. The lowest BCUT2D eigenvalue weighted by Crippen LogP contribution is -2.58. The number of carbonyl (C=O) groups excluding carboxylic acids is 1. The summed E-state index contributed by atoms with van der Waals surface area (Å²) in [6.07, 6.45) is 3.90. The van der Waals surface area contributed by atoms with Crippen molar-refractivity contribution < 1.29 is 9.90 Å². The van der Waals surface area contributed by atoms with Crippen LogP contribution in [0.15, 0.2) is 36.5 Å². The van der Waals surface area contributed by atoms with Gasteiger partial charge in [-0.25, -0.2) is 0 Å². The van der Waals surface area contributed by atoms with Crippen LogP contribution in [0.1, 0.15) is 37.9 Å². The molecule has 1 amide bonds. The Morgan fingerprint density at radius 3 is 2.75 bits per heavy atom. The normalized spacial score (nSPS) is 27.0. The molecule has 4 heterocycles. The van der Waals surface area contributed by atoms with Gasteiger partial charge in [-0.05, 0) is 44.7 Å². The molecule has 4 atom stereocenters.